The molecular formula is C40H63NO7Si2. The Morgan fingerprint density at radius 1 is 0.900 bits per heavy atom. The van der Waals surface area contributed by atoms with E-state index in [1.807, 2.05) is 24.3 Å². The number of carbonyl (C=O) groups is 2. The number of ketones is 1. The summed E-state index contributed by atoms with van der Waals surface area (Å²) in [5.41, 5.74) is 3.71. The van der Waals surface area contributed by atoms with E-state index in [4.69, 9.17) is 18.3 Å². The van der Waals surface area contributed by atoms with Crippen molar-refractivity contribution >= 4 is 28.5 Å². The van der Waals surface area contributed by atoms with Crippen LogP contribution in [0.5, 0.6) is 0 Å². The molecule has 0 bridgehead atoms. The number of hydrogen-bond acceptors (Lipinski definition) is 7. The topological polar surface area (TPSA) is 107 Å². The molecule has 4 atom stereocenters. The summed E-state index contributed by atoms with van der Waals surface area (Å²) >= 11 is 0. The van der Waals surface area contributed by atoms with Crippen molar-refractivity contribution in [2.75, 3.05) is 26.4 Å². The second-order valence-corrected chi connectivity index (χ2v) is 27.6. The number of fused-ring (bicyclic) bond motifs is 3. The number of amides is 1. The number of aliphatic hydroxyl groups is 1. The van der Waals surface area contributed by atoms with Gasteiger partial charge in [0.1, 0.15) is 18.2 Å². The highest BCUT2D eigenvalue weighted by atomic mass is 28.4. The first kappa shape index (κ1) is 40.4. The molecule has 2 aliphatic rings. The molecule has 2 unspecified atom stereocenters. The Labute approximate surface area is 303 Å². The lowest BCUT2D eigenvalue weighted by Gasteiger charge is -2.38. The van der Waals surface area contributed by atoms with E-state index in [0.717, 1.165) is 22.3 Å². The van der Waals surface area contributed by atoms with Crippen LogP contribution < -0.4 is 5.32 Å². The molecule has 1 aliphatic heterocycles. The van der Waals surface area contributed by atoms with Gasteiger partial charge in [-0.05, 0) is 76.8 Å². The lowest BCUT2D eigenvalue weighted by atomic mass is 9.81. The highest BCUT2D eigenvalue weighted by Crippen LogP contribution is 2.45. The molecule has 1 amide bonds. The van der Waals surface area contributed by atoms with E-state index in [1.54, 1.807) is 0 Å². The standard InChI is InChI=1S/C40H63NO7Si2/c1-27(2)21-28(36(43)40(25-46-40)26-48-50(11,12)39(6,7)8)22-35(42)34(24-47-49(9,10)38(3,4)5)41-37(44)45-23-33-31-19-15-13-17-29(31)30-18-14-16-20-32(30)33/h13-20,27-28,33-34,36,43H,21-26H2,1-12H3,(H,41,44)/t28-,34+,36?,40?/m1/s1. The molecule has 1 fully saturated rings. The van der Waals surface area contributed by atoms with Crippen LogP contribution in [0.1, 0.15) is 85.3 Å². The highest BCUT2D eigenvalue weighted by molar-refractivity contribution is 6.74. The maximum Gasteiger partial charge on any atom is 0.407 e. The van der Waals surface area contributed by atoms with Crippen LogP contribution in [0.25, 0.3) is 11.1 Å². The van der Waals surface area contributed by atoms with Gasteiger partial charge >= 0.3 is 6.09 Å². The monoisotopic (exact) mass is 725 g/mol. The minimum absolute atomic E-state index is 0.0174. The Morgan fingerprint density at radius 2 is 1.40 bits per heavy atom. The van der Waals surface area contributed by atoms with Gasteiger partial charge in [0, 0.05) is 12.3 Å². The van der Waals surface area contributed by atoms with Crippen molar-refractivity contribution in [1.82, 2.24) is 5.32 Å². The SMILES string of the molecule is CC(C)C[C@H](CC(=O)[C@H](CO[Si](C)(C)C(C)(C)C)NC(=O)OCC1c2ccccc2-c2ccccc21)C(O)C1(CO[Si](C)(C)C(C)(C)C)CO1. The smallest absolute Gasteiger partial charge is 0.407 e. The molecule has 50 heavy (non-hydrogen) atoms. The van der Waals surface area contributed by atoms with Crippen LogP contribution in [0.15, 0.2) is 48.5 Å². The predicted octanol–water partition coefficient (Wildman–Crippen LogP) is 8.69. The van der Waals surface area contributed by atoms with Gasteiger partial charge in [0.15, 0.2) is 22.4 Å². The Balaban J connectivity index is 1.50. The van der Waals surface area contributed by atoms with Crippen molar-refractivity contribution in [2.45, 2.75) is 128 Å². The molecule has 0 radical (unpaired) electrons. The largest absolute Gasteiger partial charge is 0.449 e. The fraction of sp³-hybridized carbons (Fsp3) is 0.650. The van der Waals surface area contributed by atoms with Crippen molar-refractivity contribution in [2.24, 2.45) is 11.8 Å². The third-order valence-corrected chi connectivity index (χ3v) is 20.6. The van der Waals surface area contributed by atoms with Crippen molar-refractivity contribution in [1.29, 1.82) is 0 Å². The Hall–Kier alpha value is -2.35. The van der Waals surface area contributed by atoms with Gasteiger partial charge in [-0.25, -0.2) is 4.79 Å². The summed E-state index contributed by atoms with van der Waals surface area (Å²) < 4.78 is 24.8. The minimum Gasteiger partial charge on any atom is -0.449 e. The summed E-state index contributed by atoms with van der Waals surface area (Å²) in [5.74, 6) is -0.438. The highest BCUT2D eigenvalue weighted by Gasteiger charge is 2.56. The Kier molecular flexibility index (Phi) is 12.4. The Bertz CT molecular complexity index is 1440. The zero-order chi connectivity index (χ0) is 37.3. The van der Waals surface area contributed by atoms with Crippen molar-refractivity contribution < 1.29 is 33.0 Å². The van der Waals surface area contributed by atoms with E-state index in [0.29, 0.717) is 19.6 Å². The predicted molar refractivity (Wildman–Crippen MR) is 206 cm³/mol. The second-order valence-electron chi connectivity index (χ2n) is 18.0. The zero-order valence-electron chi connectivity index (χ0n) is 32.6. The molecule has 1 saturated heterocycles. The van der Waals surface area contributed by atoms with E-state index in [-0.39, 0.29) is 53.2 Å². The molecule has 278 valence electrons. The van der Waals surface area contributed by atoms with E-state index in [9.17, 15) is 14.7 Å². The number of aliphatic hydroxyl groups excluding tert-OH is 1. The van der Waals surface area contributed by atoms with Gasteiger partial charge in [-0.3, -0.25) is 4.79 Å². The lowest BCUT2D eigenvalue weighted by molar-refractivity contribution is -0.124. The average Bonchev–Trinajstić information content (AvgIpc) is 3.75. The van der Waals surface area contributed by atoms with E-state index >= 15 is 0 Å². The number of Topliss-reactive ketones (excluding diaryl/α,β-unsaturated/α-hetero) is 1. The number of nitrogens with one attached hydrogen (secondary N) is 1. The molecule has 0 aromatic heterocycles. The molecule has 4 rings (SSSR count). The second kappa shape index (κ2) is 15.3. The molecule has 1 heterocycles. The van der Waals surface area contributed by atoms with Crippen LogP contribution in [0.2, 0.25) is 36.3 Å². The zero-order valence-corrected chi connectivity index (χ0v) is 34.6. The maximum atomic E-state index is 14.2. The van der Waals surface area contributed by atoms with Gasteiger partial charge in [-0.1, -0.05) is 104 Å². The van der Waals surface area contributed by atoms with Gasteiger partial charge in [0.05, 0.1) is 25.9 Å². The summed E-state index contributed by atoms with van der Waals surface area (Å²) in [6, 6.07) is 15.5. The summed E-state index contributed by atoms with van der Waals surface area (Å²) in [6.07, 6.45) is -0.858. The van der Waals surface area contributed by atoms with Gasteiger partial charge in [0.2, 0.25) is 0 Å². The number of hydrogen-bond donors (Lipinski definition) is 2. The maximum absolute atomic E-state index is 14.2. The summed E-state index contributed by atoms with van der Waals surface area (Å²) in [4.78, 5) is 27.7. The summed E-state index contributed by atoms with van der Waals surface area (Å²) in [7, 11) is -4.35. The third-order valence-electron chi connectivity index (χ3n) is 11.7. The molecular weight excluding hydrogens is 663 g/mol. The minimum atomic E-state index is -2.26. The summed E-state index contributed by atoms with van der Waals surface area (Å²) in [6.45, 7) is 26.7. The van der Waals surface area contributed by atoms with Crippen molar-refractivity contribution in [3.63, 3.8) is 0 Å². The first-order chi connectivity index (χ1) is 23.1. The molecule has 0 spiro atoms. The van der Waals surface area contributed by atoms with Gasteiger partial charge in [-0.2, -0.15) is 0 Å². The third kappa shape index (κ3) is 9.35. The van der Waals surface area contributed by atoms with E-state index < -0.39 is 40.5 Å². The van der Waals surface area contributed by atoms with E-state index in [2.05, 4.69) is 111 Å². The molecule has 2 N–H and O–H groups in total. The number of carbonyl (C=O) groups excluding carboxylic acids is 2. The lowest BCUT2D eigenvalue weighted by Crippen LogP contribution is -2.51. The van der Waals surface area contributed by atoms with Crippen LogP contribution in [0.4, 0.5) is 4.79 Å². The molecule has 8 nitrogen and oxygen atoms in total. The number of epoxide rings is 1. The quantitative estimate of drug-likeness (QED) is 0.132. The van der Waals surface area contributed by atoms with Crippen molar-refractivity contribution in [3.8, 4) is 11.1 Å². The summed E-state index contributed by atoms with van der Waals surface area (Å²) in [5, 5.41) is 14.6. The van der Waals surface area contributed by atoms with Crippen LogP contribution in [-0.2, 0) is 23.1 Å². The molecule has 10 heteroatoms. The Morgan fingerprint density at radius 3 is 1.88 bits per heavy atom. The van der Waals surface area contributed by atoms with Crippen LogP contribution in [-0.4, -0.2) is 77.8 Å². The van der Waals surface area contributed by atoms with Crippen molar-refractivity contribution in [3.05, 3.63) is 59.7 Å². The number of alkyl carbamates (subject to hydrolysis) is 1. The van der Waals surface area contributed by atoms with Crippen LogP contribution in [0, 0.1) is 11.8 Å². The normalized spacial score (nSPS) is 19.8. The van der Waals surface area contributed by atoms with Gasteiger partial charge in [0.25, 0.3) is 0 Å². The fourth-order valence-electron chi connectivity index (χ4n) is 6.22. The first-order valence-electron chi connectivity index (χ1n) is 18.3. The van der Waals surface area contributed by atoms with Crippen LogP contribution >= 0.6 is 0 Å². The first-order valence-corrected chi connectivity index (χ1v) is 24.1. The number of ether oxygens (including phenoxy) is 2. The van der Waals surface area contributed by atoms with Gasteiger partial charge < -0.3 is 28.7 Å². The number of rotatable bonds is 16. The van der Waals surface area contributed by atoms with Crippen LogP contribution in [0.3, 0.4) is 0 Å². The number of benzene rings is 2. The average molecular weight is 726 g/mol. The molecule has 2 aromatic rings. The fourth-order valence-corrected chi connectivity index (χ4v) is 8.27. The van der Waals surface area contributed by atoms with E-state index in [1.165, 1.54) is 0 Å². The molecule has 2 aromatic carbocycles. The van der Waals surface area contributed by atoms with Gasteiger partial charge in [-0.15, -0.1) is 0 Å². The molecule has 1 aliphatic carbocycles. The molecule has 0 saturated carbocycles.